The first-order valence-electron chi connectivity index (χ1n) is 9.24. The Morgan fingerprint density at radius 1 is 1.05 bits per heavy atom. The molecule has 0 N–H and O–H groups in total. The molecule has 0 amide bonds. The summed E-state index contributed by atoms with van der Waals surface area (Å²) in [5.74, 6) is 0. The Kier molecular flexibility index (Phi) is 6.91. The van der Waals surface area contributed by atoms with Gasteiger partial charge in [0.25, 0.3) is 0 Å². The van der Waals surface area contributed by atoms with Crippen LogP contribution < -0.4 is 0 Å². The summed E-state index contributed by atoms with van der Waals surface area (Å²) in [7, 11) is 0. The Bertz CT molecular complexity index is 413. The van der Waals surface area contributed by atoms with Gasteiger partial charge in [-0.15, -0.1) is 0 Å². The first-order valence-corrected chi connectivity index (χ1v) is 9.24. The normalized spacial score (nSPS) is 23.6. The van der Waals surface area contributed by atoms with Gasteiger partial charge in [-0.2, -0.15) is 0 Å². The van der Waals surface area contributed by atoms with Crippen LogP contribution in [0.5, 0.6) is 0 Å². The van der Waals surface area contributed by atoms with Crippen LogP contribution in [0.15, 0.2) is 30.3 Å². The zero-order valence-corrected chi connectivity index (χ0v) is 14.9. The van der Waals surface area contributed by atoms with Crippen LogP contribution >= 0.6 is 0 Å². The van der Waals surface area contributed by atoms with Crippen molar-refractivity contribution in [1.29, 1.82) is 0 Å². The van der Waals surface area contributed by atoms with E-state index in [2.05, 4.69) is 60.9 Å². The van der Waals surface area contributed by atoms with E-state index < -0.39 is 0 Å². The van der Waals surface area contributed by atoms with E-state index in [1.165, 1.54) is 65.0 Å². The van der Waals surface area contributed by atoms with Crippen molar-refractivity contribution >= 4 is 0 Å². The Morgan fingerprint density at radius 2 is 1.77 bits per heavy atom. The van der Waals surface area contributed by atoms with Gasteiger partial charge >= 0.3 is 0 Å². The lowest BCUT2D eigenvalue weighted by Gasteiger charge is -2.37. The highest BCUT2D eigenvalue weighted by atomic mass is 15.2. The van der Waals surface area contributed by atoms with Gasteiger partial charge in [0.05, 0.1) is 0 Å². The molecule has 1 aliphatic heterocycles. The van der Waals surface area contributed by atoms with Crippen molar-refractivity contribution in [3.8, 4) is 0 Å². The first kappa shape index (κ1) is 17.5. The zero-order valence-electron chi connectivity index (χ0n) is 14.9. The number of benzene rings is 1. The molecule has 1 aliphatic rings. The van der Waals surface area contributed by atoms with E-state index in [4.69, 9.17) is 0 Å². The molecule has 22 heavy (non-hydrogen) atoms. The first-order chi connectivity index (χ1) is 10.7. The third-order valence-corrected chi connectivity index (χ3v) is 5.60. The van der Waals surface area contributed by atoms with Gasteiger partial charge in [-0.3, -0.25) is 0 Å². The maximum atomic E-state index is 2.72. The van der Waals surface area contributed by atoms with Gasteiger partial charge in [-0.25, -0.2) is 0 Å². The highest BCUT2D eigenvalue weighted by Gasteiger charge is 2.33. The van der Waals surface area contributed by atoms with Gasteiger partial charge in [0.15, 0.2) is 0 Å². The molecule has 1 unspecified atom stereocenters. The van der Waals surface area contributed by atoms with Crippen molar-refractivity contribution in [2.24, 2.45) is 0 Å². The van der Waals surface area contributed by atoms with Gasteiger partial charge in [-0.1, -0.05) is 57.5 Å². The molecule has 0 bridgehead atoms. The Hall–Kier alpha value is -0.860. The SMILES string of the molecule is CCN(CC)CCN1CCCCC(CC)(c2ccccc2)C1. The van der Waals surface area contributed by atoms with Crippen molar-refractivity contribution < 1.29 is 0 Å². The van der Waals surface area contributed by atoms with Crippen LogP contribution in [0.4, 0.5) is 0 Å². The Morgan fingerprint density at radius 3 is 2.41 bits per heavy atom. The summed E-state index contributed by atoms with van der Waals surface area (Å²) < 4.78 is 0. The molecular weight excluding hydrogens is 268 g/mol. The summed E-state index contributed by atoms with van der Waals surface area (Å²) in [6.07, 6.45) is 5.31. The summed E-state index contributed by atoms with van der Waals surface area (Å²) in [4.78, 5) is 5.27. The number of hydrogen-bond acceptors (Lipinski definition) is 2. The summed E-state index contributed by atoms with van der Waals surface area (Å²) in [6.45, 7) is 14.2. The smallest absolute Gasteiger partial charge is 0.0110 e. The second-order valence-electron chi connectivity index (χ2n) is 6.76. The highest BCUT2D eigenvalue weighted by molar-refractivity contribution is 5.26. The maximum Gasteiger partial charge on any atom is 0.0110 e. The zero-order chi connectivity index (χ0) is 15.8. The predicted molar refractivity (Wildman–Crippen MR) is 96.5 cm³/mol. The van der Waals surface area contributed by atoms with Crippen molar-refractivity contribution in [2.45, 2.75) is 51.9 Å². The summed E-state index contributed by atoms with van der Waals surface area (Å²) in [5.41, 5.74) is 1.91. The number of likely N-dealkylation sites (N-methyl/N-ethyl adjacent to an activating group) is 1. The fraction of sp³-hybridized carbons (Fsp3) is 0.700. The summed E-state index contributed by atoms with van der Waals surface area (Å²) >= 11 is 0. The molecule has 0 aliphatic carbocycles. The van der Waals surface area contributed by atoms with Crippen molar-refractivity contribution in [2.75, 3.05) is 39.3 Å². The molecule has 2 nitrogen and oxygen atoms in total. The number of nitrogens with zero attached hydrogens (tertiary/aromatic N) is 2. The van der Waals surface area contributed by atoms with Crippen LogP contribution in [0, 0.1) is 0 Å². The van der Waals surface area contributed by atoms with Crippen LogP contribution in [0.1, 0.15) is 52.0 Å². The van der Waals surface area contributed by atoms with Crippen LogP contribution in [0.25, 0.3) is 0 Å². The Labute approximate surface area is 137 Å². The minimum Gasteiger partial charge on any atom is -0.303 e. The second-order valence-corrected chi connectivity index (χ2v) is 6.76. The number of rotatable bonds is 7. The predicted octanol–water partition coefficient (Wildman–Crippen LogP) is 4.16. The fourth-order valence-electron chi connectivity index (χ4n) is 3.92. The standard InChI is InChI=1S/C20H34N2/c1-4-20(19-12-8-7-9-13-19)14-10-11-15-22(18-20)17-16-21(5-2)6-3/h7-9,12-13H,4-6,10-11,14-18H2,1-3H3. The molecule has 2 heteroatoms. The minimum atomic E-state index is 0.362. The molecule has 1 atom stereocenters. The molecule has 124 valence electrons. The highest BCUT2D eigenvalue weighted by Crippen LogP contribution is 2.36. The summed E-state index contributed by atoms with van der Waals surface area (Å²) in [5, 5.41) is 0. The lowest BCUT2D eigenvalue weighted by Crippen LogP contribution is -2.42. The Balaban J connectivity index is 2.07. The third-order valence-electron chi connectivity index (χ3n) is 5.60. The van der Waals surface area contributed by atoms with Crippen LogP contribution in [-0.4, -0.2) is 49.1 Å². The molecule has 0 radical (unpaired) electrons. The van der Waals surface area contributed by atoms with Crippen molar-refractivity contribution in [3.05, 3.63) is 35.9 Å². The van der Waals surface area contributed by atoms with E-state index in [0.29, 0.717) is 5.41 Å². The van der Waals surface area contributed by atoms with Gasteiger partial charge in [0.2, 0.25) is 0 Å². The average Bonchev–Trinajstić information content (AvgIpc) is 2.80. The third kappa shape index (κ3) is 4.33. The number of hydrogen-bond donors (Lipinski definition) is 0. The topological polar surface area (TPSA) is 6.48 Å². The van der Waals surface area contributed by atoms with E-state index >= 15 is 0 Å². The average molecular weight is 303 g/mol. The number of likely N-dealkylation sites (tertiary alicyclic amines) is 1. The molecule has 0 spiro atoms. The van der Waals surface area contributed by atoms with Gasteiger partial charge in [0, 0.05) is 25.0 Å². The van der Waals surface area contributed by atoms with E-state index in [-0.39, 0.29) is 0 Å². The molecule has 1 aromatic rings. The largest absolute Gasteiger partial charge is 0.303 e. The maximum absolute atomic E-state index is 2.72. The van der Waals surface area contributed by atoms with Crippen LogP contribution in [0.3, 0.4) is 0 Å². The molecule has 1 saturated heterocycles. The van der Waals surface area contributed by atoms with Gasteiger partial charge in [-0.05, 0) is 44.5 Å². The quantitative estimate of drug-likeness (QED) is 0.746. The molecule has 0 saturated carbocycles. The van der Waals surface area contributed by atoms with E-state index in [0.717, 1.165) is 0 Å². The van der Waals surface area contributed by atoms with E-state index in [9.17, 15) is 0 Å². The minimum absolute atomic E-state index is 0.362. The lowest BCUT2D eigenvalue weighted by atomic mass is 9.74. The molecule has 2 rings (SSSR count). The molecule has 1 heterocycles. The van der Waals surface area contributed by atoms with E-state index in [1.807, 2.05) is 0 Å². The van der Waals surface area contributed by atoms with E-state index in [1.54, 1.807) is 5.56 Å². The monoisotopic (exact) mass is 302 g/mol. The van der Waals surface area contributed by atoms with Gasteiger partial charge in [0.1, 0.15) is 0 Å². The van der Waals surface area contributed by atoms with Gasteiger partial charge < -0.3 is 9.80 Å². The lowest BCUT2D eigenvalue weighted by molar-refractivity contribution is 0.184. The second kappa shape index (κ2) is 8.69. The van der Waals surface area contributed by atoms with Crippen LogP contribution in [0.2, 0.25) is 0 Å². The molecule has 0 aromatic heterocycles. The fourth-order valence-corrected chi connectivity index (χ4v) is 3.92. The van der Waals surface area contributed by atoms with Crippen LogP contribution in [-0.2, 0) is 5.41 Å². The molecule has 1 fully saturated rings. The van der Waals surface area contributed by atoms with Crippen molar-refractivity contribution in [1.82, 2.24) is 9.80 Å². The van der Waals surface area contributed by atoms with Crippen molar-refractivity contribution in [3.63, 3.8) is 0 Å². The molecular formula is C20H34N2. The molecule has 1 aromatic carbocycles. The summed E-state index contributed by atoms with van der Waals surface area (Å²) in [6, 6.07) is 11.2.